The van der Waals surface area contributed by atoms with E-state index < -0.39 is 11.8 Å². The van der Waals surface area contributed by atoms with Crippen molar-refractivity contribution in [2.45, 2.75) is 79.2 Å². The number of ether oxygens (including phenoxy) is 2. The molecule has 0 radical (unpaired) electrons. The third-order valence-electron chi connectivity index (χ3n) is 8.06. The number of rotatable bonds is 11. The Morgan fingerprint density at radius 3 is 2.03 bits per heavy atom. The number of carboxylic acids is 1. The maximum absolute atomic E-state index is 14.6. The standard InChI is InChI=1S/C34H43FO4/c1-9-34(10-2,27-14-16-30(23(4)18-27)39-21-31(38-8)33(5,6)7)26-13-15-28(22(3)17-26)24-11-12-25(20-32(36)37)29(35)19-24/h11-19,31H,9-10,20-21H2,1-8H3,(H,36,37). The van der Waals surface area contributed by atoms with Gasteiger partial charge in [-0.15, -0.1) is 0 Å². The summed E-state index contributed by atoms with van der Waals surface area (Å²) in [6.45, 7) is 15.5. The molecule has 0 fully saturated rings. The quantitative estimate of drug-likeness (QED) is 0.269. The third-order valence-corrected chi connectivity index (χ3v) is 8.06. The highest BCUT2D eigenvalue weighted by atomic mass is 19.1. The van der Waals surface area contributed by atoms with Gasteiger partial charge in [0, 0.05) is 12.5 Å². The zero-order chi connectivity index (χ0) is 29.0. The second kappa shape index (κ2) is 12.3. The molecular weight excluding hydrogens is 491 g/mol. The number of benzene rings is 3. The minimum atomic E-state index is -1.04. The fourth-order valence-corrected chi connectivity index (χ4v) is 5.49. The van der Waals surface area contributed by atoms with Crippen molar-refractivity contribution < 1.29 is 23.8 Å². The van der Waals surface area contributed by atoms with E-state index in [0.29, 0.717) is 6.61 Å². The van der Waals surface area contributed by atoms with Crippen LogP contribution in [-0.4, -0.2) is 30.9 Å². The Bertz CT molecular complexity index is 1300. The van der Waals surface area contributed by atoms with Crippen LogP contribution in [0.2, 0.25) is 0 Å². The molecule has 3 aromatic carbocycles. The first-order chi connectivity index (χ1) is 18.4. The van der Waals surface area contributed by atoms with Gasteiger partial charge in [-0.2, -0.15) is 0 Å². The minimum absolute atomic E-state index is 0.00899. The normalized spacial score (nSPS) is 12.8. The molecule has 5 heteroatoms. The van der Waals surface area contributed by atoms with Crippen molar-refractivity contribution in [2.75, 3.05) is 13.7 Å². The lowest BCUT2D eigenvalue weighted by Crippen LogP contribution is -2.34. The maximum atomic E-state index is 14.6. The number of hydrogen-bond acceptors (Lipinski definition) is 3. The lowest BCUT2D eigenvalue weighted by molar-refractivity contribution is -0.136. The van der Waals surface area contributed by atoms with E-state index in [0.717, 1.165) is 40.8 Å². The summed E-state index contributed by atoms with van der Waals surface area (Å²) in [4.78, 5) is 11.0. The molecule has 1 N–H and O–H groups in total. The fourth-order valence-electron chi connectivity index (χ4n) is 5.49. The van der Waals surface area contributed by atoms with Crippen LogP contribution in [0.15, 0.2) is 54.6 Å². The van der Waals surface area contributed by atoms with Crippen LogP contribution in [0.3, 0.4) is 0 Å². The molecule has 3 rings (SSSR count). The van der Waals surface area contributed by atoms with Crippen molar-refractivity contribution in [2.24, 2.45) is 5.41 Å². The Balaban J connectivity index is 1.93. The van der Waals surface area contributed by atoms with Gasteiger partial charge in [-0.25, -0.2) is 4.39 Å². The first-order valence-corrected chi connectivity index (χ1v) is 13.7. The molecule has 0 saturated carbocycles. The zero-order valence-electron chi connectivity index (χ0n) is 24.7. The van der Waals surface area contributed by atoms with Crippen molar-refractivity contribution >= 4 is 5.97 Å². The average Bonchev–Trinajstić information content (AvgIpc) is 2.87. The molecule has 0 aromatic heterocycles. The topological polar surface area (TPSA) is 55.8 Å². The molecular formula is C34H43FO4. The second-order valence-electron chi connectivity index (χ2n) is 11.6. The van der Waals surface area contributed by atoms with E-state index in [1.165, 1.54) is 17.2 Å². The molecule has 0 aliphatic rings. The molecule has 0 bridgehead atoms. The first kappa shape index (κ1) is 30.4. The molecule has 0 aliphatic heterocycles. The van der Waals surface area contributed by atoms with Gasteiger partial charge in [0.1, 0.15) is 18.2 Å². The van der Waals surface area contributed by atoms with Gasteiger partial charge in [0.15, 0.2) is 0 Å². The Kier molecular flexibility index (Phi) is 9.60. The molecule has 0 saturated heterocycles. The molecule has 210 valence electrons. The van der Waals surface area contributed by atoms with Gasteiger partial charge in [-0.1, -0.05) is 77.1 Å². The van der Waals surface area contributed by atoms with Gasteiger partial charge in [-0.05, 0) is 83.2 Å². The maximum Gasteiger partial charge on any atom is 0.307 e. The molecule has 39 heavy (non-hydrogen) atoms. The van der Waals surface area contributed by atoms with Crippen molar-refractivity contribution in [3.63, 3.8) is 0 Å². The summed E-state index contributed by atoms with van der Waals surface area (Å²) in [6, 6.07) is 17.7. The lowest BCUT2D eigenvalue weighted by atomic mass is 9.69. The summed E-state index contributed by atoms with van der Waals surface area (Å²) in [6.07, 6.45) is 1.52. The van der Waals surface area contributed by atoms with Crippen LogP contribution in [0, 0.1) is 25.1 Å². The highest BCUT2D eigenvalue weighted by molar-refractivity contribution is 5.72. The molecule has 0 heterocycles. The van der Waals surface area contributed by atoms with Crippen LogP contribution in [0.5, 0.6) is 5.75 Å². The number of aryl methyl sites for hydroxylation is 2. The van der Waals surface area contributed by atoms with Crippen molar-refractivity contribution in [3.8, 4) is 16.9 Å². The Morgan fingerprint density at radius 2 is 1.54 bits per heavy atom. The Labute approximate surface area is 233 Å². The van der Waals surface area contributed by atoms with Gasteiger partial charge in [0.05, 0.1) is 12.5 Å². The molecule has 1 atom stereocenters. The van der Waals surface area contributed by atoms with E-state index >= 15 is 0 Å². The number of carbonyl (C=O) groups is 1. The highest BCUT2D eigenvalue weighted by Crippen LogP contribution is 2.42. The SMILES string of the molecule is CCC(CC)(c1ccc(OCC(OC)C(C)(C)C)c(C)c1)c1ccc(-c2ccc(CC(=O)O)c(F)c2)c(C)c1. The van der Waals surface area contributed by atoms with E-state index in [9.17, 15) is 9.18 Å². The first-order valence-electron chi connectivity index (χ1n) is 13.7. The summed E-state index contributed by atoms with van der Waals surface area (Å²) < 4.78 is 26.4. The Hall–Kier alpha value is -3.18. The molecule has 0 amide bonds. The molecule has 1 unspecified atom stereocenters. The van der Waals surface area contributed by atoms with Gasteiger partial charge in [0.2, 0.25) is 0 Å². The summed E-state index contributed by atoms with van der Waals surface area (Å²) in [5.41, 5.74) is 6.28. The predicted octanol–water partition coefficient (Wildman–Crippen LogP) is 8.28. The smallest absolute Gasteiger partial charge is 0.307 e. The highest BCUT2D eigenvalue weighted by Gasteiger charge is 2.32. The van der Waals surface area contributed by atoms with Gasteiger partial charge in [-0.3, -0.25) is 4.79 Å². The predicted molar refractivity (Wildman–Crippen MR) is 156 cm³/mol. The number of hydrogen-bond donors (Lipinski definition) is 1. The summed E-state index contributed by atoms with van der Waals surface area (Å²) in [7, 11) is 1.73. The average molecular weight is 535 g/mol. The largest absolute Gasteiger partial charge is 0.491 e. The molecule has 4 nitrogen and oxygen atoms in total. The van der Waals surface area contributed by atoms with Crippen molar-refractivity contribution in [1.82, 2.24) is 0 Å². The summed E-state index contributed by atoms with van der Waals surface area (Å²) >= 11 is 0. The number of halogens is 1. The third kappa shape index (κ3) is 6.70. The van der Waals surface area contributed by atoms with Crippen LogP contribution in [0.1, 0.15) is 75.3 Å². The van der Waals surface area contributed by atoms with Gasteiger partial charge in [0.25, 0.3) is 0 Å². The van der Waals surface area contributed by atoms with Crippen LogP contribution in [0.4, 0.5) is 4.39 Å². The number of methoxy groups -OCH3 is 1. The van der Waals surface area contributed by atoms with E-state index in [1.807, 2.05) is 6.92 Å². The van der Waals surface area contributed by atoms with Gasteiger partial charge < -0.3 is 14.6 Å². The summed E-state index contributed by atoms with van der Waals surface area (Å²) in [5, 5.41) is 9.01. The summed E-state index contributed by atoms with van der Waals surface area (Å²) in [5.74, 6) is -0.672. The second-order valence-corrected chi connectivity index (χ2v) is 11.6. The molecule has 0 aliphatic carbocycles. The Morgan fingerprint density at radius 1 is 0.923 bits per heavy atom. The monoisotopic (exact) mass is 534 g/mol. The molecule has 3 aromatic rings. The van der Waals surface area contributed by atoms with Crippen LogP contribution in [0.25, 0.3) is 11.1 Å². The van der Waals surface area contributed by atoms with E-state index in [2.05, 4.69) is 77.9 Å². The fraction of sp³-hybridized carbons (Fsp3) is 0.441. The van der Waals surface area contributed by atoms with Crippen molar-refractivity contribution in [1.29, 1.82) is 0 Å². The van der Waals surface area contributed by atoms with Crippen LogP contribution >= 0.6 is 0 Å². The van der Waals surface area contributed by atoms with E-state index in [-0.39, 0.29) is 28.9 Å². The van der Waals surface area contributed by atoms with Crippen molar-refractivity contribution in [3.05, 3.63) is 88.2 Å². The van der Waals surface area contributed by atoms with E-state index in [4.69, 9.17) is 14.6 Å². The number of carboxylic acid groups (broad SMARTS) is 1. The molecule has 0 spiro atoms. The zero-order valence-corrected chi connectivity index (χ0v) is 24.7. The van der Waals surface area contributed by atoms with E-state index in [1.54, 1.807) is 19.2 Å². The van der Waals surface area contributed by atoms with Crippen LogP contribution in [-0.2, 0) is 21.4 Å². The minimum Gasteiger partial charge on any atom is -0.491 e. The van der Waals surface area contributed by atoms with Gasteiger partial charge >= 0.3 is 5.97 Å². The lowest BCUT2D eigenvalue weighted by Gasteiger charge is -2.34. The number of aliphatic carboxylic acids is 1. The van der Waals surface area contributed by atoms with Crippen LogP contribution < -0.4 is 4.74 Å².